The Kier molecular flexibility index (Phi) is 7.82. The molecule has 0 fully saturated rings. The monoisotopic (exact) mass is 454 g/mol. The van der Waals surface area contributed by atoms with Gasteiger partial charge in [0.15, 0.2) is 11.5 Å². The van der Waals surface area contributed by atoms with Gasteiger partial charge in [-0.1, -0.05) is 44.2 Å². The largest absolute Gasteiger partial charge is 0.493 e. The van der Waals surface area contributed by atoms with E-state index < -0.39 is 18.0 Å². The minimum absolute atomic E-state index is 0.102. The van der Waals surface area contributed by atoms with Gasteiger partial charge in [-0.15, -0.1) is 0 Å². The number of carbonyl (C=O) groups excluding carboxylic acids is 2. The fourth-order valence-corrected chi connectivity index (χ4v) is 3.67. The van der Waals surface area contributed by atoms with E-state index in [1.807, 2.05) is 44.2 Å². The van der Waals surface area contributed by atoms with Gasteiger partial charge in [-0.05, 0) is 36.1 Å². The van der Waals surface area contributed by atoms with E-state index in [0.29, 0.717) is 40.7 Å². The van der Waals surface area contributed by atoms with E-state index in [-0.39, 0.29) is 12.5 Å². The van der Waals surface area contributed by atoms with E-state index in [1.54, 1.807) is 19.1 Å². The third kappa shape index (κ3) is 5.39. The number of carbonyl (C=O) groups is 2. The number of hydrogen-bond donors (Lipinski definition) is 2. The Labute approximate surface area is 193 Å². The van der Waals surface area contributed by atoms with Crippen LogP contribution in [0.5, 0.6) is 17.2 Å². The highest BCUT2D eigenvalue weighted by Crippen LogP contribution is 2.42. The van der Waals surface area contributed by atoms with Crippen molar-refractivity contribution in [2.45, 2.75) is 33.4 Å². The average Bonchev–Trinajstić information content (AvgIpc) is 2.82. The van der Waals surface area contributed by atoms with Crippen LogP contribution in [0.3, 0.4) is 0 Å². The third-order valence-electron chi connectivity index (χ3n) is 5.22. The maximum Gasteiger partial charge on any atom is 0.338 e. The molecule has 0 saturated carbocycles. The summed E-state index contributed by atoms with van der Waals surface area (Å²) in [4.78, 5) is 25.3. The molecule has 0 radical (unpaired) electrons. The zero-order valence-electron chi connectivity index (χ0n) is 19.6. The highest BCUT2D eigenvalue weighted by Gasteiger charge is 2.35. The number of urea groups is 1. The summed E-state index contributed by atoms with van der Waals surface area (Å²) in [6.45, 7) is 6.08. The van der Waals surface area contributed by atoms with Crippen LogP contribution in [0.1, 0.15) is 37.9 Å². The van der Waals surface area contributed by atoms with Crippen LogP contribution in [0.2, 0.25) is 0 Å². The van der Waals surface area contributed by atoms with Gasteiger partial charge in [0.25, 0.3) is 0 Å². The Balaban J connectivity index is 2.05. The number of methoxy groups -OCH3 is 2. The first-order chi connectivity index (χ1) is 15.9. The number of hydrogen-bond acceptors (Lipinski definition) is 6. The predicted molar refractivity (Wildman–Crippen MR) is 123 cm³/mol. The molecule has 1 aliphatic heterocycles. The van der Waals surface area contributed by atoms with E-state index in [1.165, 1.54) is 14.2 Å². The van der Waals surface area contributed by atoms with Gasteiger partial charge in [0.2, 0.25) is 5.75 Å². The van der Waals surface area contributed by atoms with Crippen molar-refractivity contribution in [3.05, 3.63) is 64.9 Å². The van der Waals surface area contributed by atoms with Crippen molar-refractivity contribution < 1.29 is 28.5 Å². The summed E-state index contributed by atoms with van der Waals surface area (Å²) in [5.41, 5.74) is 2.45. The molecule has 2 amide bonds. The molecule has 176 valence electrons. The molecule has 0 aromatic heterocycles. The van der Waals surface area contributed by atoms with Crippen LogP contribution in [0, 0.1) is 5.92 Å². The lowest BCUT2D eigenvalue weighted by atomic mass is 9.91. The van der Waals surface area contributed by atoms with Gasteiger partial charge >= 0.3 is 12.0 Å². The lowest BCUT2D eigenvalue weighted by Gasteiger charge is -2.31. The standard InChI is InChI=1S/C25H30N2O6/c1-6-32-24(28)20-21(15(2)3)26-25(29)27-22(20)17-12-18(30-4)23(19(13-17)31-5)33-14-16-10-8-7-9-11-16/h7-13,15,22H,6,14H2,1-5H3,(H2,26,27,29). The maximum atomic E-state index is 12.9. The number of allylic oxidation sites excluding steroid dienone is 1. The third-order valence-corrected chi connectivity index (χ3v) is 5.22. The fourth-order valence-electron chi connectivity index (χ4n) is 3.67. The Hall–Kier alpha value is -3.68. The molecule has 0 bridgehead atoms. The van der Waals surface area contributed by atoms with Crippen LogP contribution >= 0.6 is 0 Å². The maximum absolute atomic E-state index is 12.9. The van der Waals surface area contributed by atoms with Crippen LogP contribution in [-0.2, 0) is 16.1 Å². The van der Waals surface area contributed by atoms with Gasteiger partial charge in [0, 0.05) is 5.70 Å². The summed E-state index contributed by atoms with van der Waals surface area (Å²) in [5.74, 6) is 0.666. The second-order valence-electron chi connectivity index (χ2n) is 7.76. The molecule has 0 saturated heterocycles. The van der Waals surface area contributed by atoms with Crippen molar-refractivity contribution in [3.63, 3.8) is 0 Å². The van der Waals surface area contributed by atoms with E-state index in [0.717, 1.165) is 5.56 Å². The summed E-state index contributed by atoms with van der Waals surface area (Å²) >= 11 is 0. The van der Waals surface area contributed by atoms with Gasteiger partial charge in [-0.25, -0.2) is 9.59 Å². The minimum atomic E-state index is -0.749. The molecule has 1 unspecified atom stereocenters. The Bertz CT molecular complexity index is 1010. The quantitative estimate of drug-likeness (QED) is 0.554. The van der Waals surface area contributed by atoms with Crippen LogP contribution in [-0.4, -0.2) is 32.8 Å². The molecule has 1 heterocycles. The van der Waals surface area contributed by atoms with Gasteiger partial charge in [0.05, 0.1) is 32.4 Å². The molecular formula is C25H30N2O6. The predicted octanol–water partition coefficient (Wildman–Crippen LogP) is 4.11. The van der Waals surface area contributed by atoms with E-state index in [9.17, 15) is 9.59 Å². The van der Waals surface area contributed by atoms with Crippen molar-refractivity contribution >= 4 is 12.0 Å². The number of rotatable bonds is 9. The lowest BCUT2D eigenvalue weighted by Crippen LogP contribution is -2.47. The molecular weight excluding hydrogens is 424 g/mol. The Morgan fingerprint density at radius 3 is 2.24 bits per heavy atom. The molecule has 8 nitrogen and oxygen atoms in total. The second-order valence-corrected chi connectivity index (χ2v) is 7.76. The summed E-state index contributed by atoms with van der Waals surface area (Å²) in [6, 6.07) is 12.0. The molecule has 2 aromatic rings. The van der Waals surface area contributed by atoms with Crippen molar-refractivity contribution in [3.8, 4) is 17.2 Å². The first-order valence-corrected chi connectivity index (χ1v) is 10.8. The molecule has 8 heteroatoms. The summed E-state index contributed by atoms with van der Waals surface area (Å²) in [6.07, 6.45) is 0. The molecule has 0 aliphatic carbocycles. The van der Waals surface area contributed by atoms with Crippen LogP contribution in [0.25, 0.3) is 0 Å². The zero-order chi connectivity index (χ0) is 24.0. The van der Waals surface area contributed by atoms with Crippen LogP contribution < -0.4 is 24.8 Å². The van der Waals surface area contributed by atoms with Crippen molar-refractivity contribution in [1.29, 1.82) is 0 Å². The minimum Gasteiger partial charge on any atom is -0.493 e. The number of nitrogens with one attached hydrogen (secondary N) is 2. The van der Waals surface area contributed by atoms with Gasteiger partial charge < -0.3 is 29.6 Å². The molecule has 1 atom stereocenters. The first-order valence-electron chi connectivity index (χ1n) is 10.8. The van der Waals surface area contributed by atoms with E-state index >= 15 is 0 Å². The number of amides is 2. The molecule has 3 rings (SSSR count). The van der Waals surface area contributed by atoms with Crippen molar-refractivity contribution in [2.75, 3.05) is 20.8 Å². The number of ether oxygens (including phenoxy) is 4. The zero-order valence-corrected chi connectivity index (χ0v) is 19.6. The SMILES string of the molecule is CCOC(=O)C1=C(C(C)C)NC(=O)NC1c1cc(OC)c(OCc2ccccc2)c(OC)c1. The number of benzene rings is 2. The number of esters is 1. The van der Waals surface area contributed by atoms with E-state index in [2.05, 4.69) is 10.6 Å². The summed E-state index contributed by atoms with van der Waals surface area (Å²) < 4.78 is 22.5. The molecule has 2 N–H and O–H groups in total. The van der Waals surface area contributed by atoms with Crippen molar-refractivity contribution in [1.82, 2.24) is 10.6 Å². The highest BCUT2D eigenvalue weighted by molar-refractivity contribution is 5.95. The highest BCUT2D eigenvalue weighted by atomic mass is 16.5. The first kappa shape index (κ1) is 24.0. The topological polar surface area (TPSA) is 95.1 Å². The molecule has 2 aromatic carbocycles. The fraction of sp³-hybridized carbons (Fsp3) is 0.360. The Morgan fingerprint density at radius 1 is 1.06 bits per heavy atom. The molecule has 33 heavy (non-hydrogen) atoms. The van der Waals surface area contributed by atoms with Crippen LogP contribution in [0.4, 0.5) is 4.79 Å². The summed E-state index contributed by atoms with van der Waals surface area (Å²) in [5, 5.41) is 5.58. The molecule has 0 spiro atoms. The van der Waals surface area contributed by atoms with Crippen LogP contribution in [0.15, 0.2) is 53.7 Å². The second kappa shape index (κ2) is 10.8. The summed E-state index contributed by atoms with van der Waals surface area (Å²) in [7, 11) is 3.05. The van der Waals surface area contributed by atoms with Gasteiger partial charge in [-0.2, -0.15) is 0 Å². The van der Waals surface area contributed by atoms with Crippen molar-refractivity contribution in [2.24, 2.45) is 5.92 Å². The van der Waals surface area contributed by atoms with Gasteiger partial charge in [0.1, 0.15) is 6.61 Å². The normalized spacial score (nSPS) is 15.6. The van der Waals surface area contributed by atoms with E-state index in [4.69, 9.17) is 18.9 Å². The Morgan fingerprint density at radius 2 is 1.70 bits per heavy atom. The smallest absolute Gasteiger partial charge is 0.338 e. The lowest BCUT2D eigenvalue weighted by molar-refractivity contribution is -0.139. The molecule has 1 aliphatic rings. The average molecular weight is 455 g/mol. The van der Waals surface area contributed by atoms with Gasteiger partial charge in [-0.3, -0.25) is 0 Å².